The maximum Gasteiger partial charge on any atom is 0.101 e. The number of nitro groups is 1. The molecule has 9 aromatic carbocycles. The van der Waals surface area contributed by atoms with E-state index < -0.39 is 36.6 Å². The Balaban J connectivity index is 0.000000181. The molecule has 9 aromatic rings. The summed E-state index contributed by atoms with van der Waals surface area (Å²) < 4.78 is 0. The van der Waals surface area contributed by atoms with Gasteiger partial charge in [-0.3, -0.25) is 16.0 Å². The molecule has 0 atom stereocenters. The normalized spacial score (nSPS) is 10.4. The fourth-order valence-corrected chi connectivity index (χ4v) is 20.5. The molecule has 0 heterocycles. The predicted octanol–water partition coefficient (Wildman–Crippen LogP) is 11.7. The molecule has 0 aliphatic heterocycles. The Hall–Kier alpha value is -5.43. The van der Waals surface area contributed by atoms with Gasteiger partial charge in [0.1, 0.15) is 24.6 Å². The number of nitro benzene ring substituents is 1. The van der Waals surface area contributed by atoms with Gasteiger partial charge < -0.3 is 6.42 Å². The van der Waals surface area contributed by atoms with Crippen LogP contribution in [0.3, 0.4) is 0 Å². The maximum absolute atomic E-state index is 10.1. The van der Waals surface area contributed by atoms with Crippen molar-refractivity contribution in [2.24, 2.45) is 0 Å². The first-order valence-electron chi connectivity index (χ1n) is 22.7. The van der Waals surface area contributed by atoms with Crippen molar-refractivity contribution in [2.75, 3.05) is 24.6 Å². The molecule has 0 aliphatic rings. The fourth-order valence-electron chi connectivity index (χ4n) is 8.10. The van der Waals surface area contributed by atoms with Gasteiger partial charge in [-0.25, -0.2) is 0 Å². The summed E-state index contributed by atoms with van der Waals surface area (Å²) in [6.45, 7) is 0. The van der Waals surface area contributed by atoms with E-state index >= 15 is 0 Å². The van der Waals surface area contributed by atoms with Crippen LogP contribution in [0.25, 0.3) is 0 Å². The number of non-ortho nitro benzene ring substituents is 1. The van der Waals surface area contributed by atoms with E-state index in [2.05, 4.69) is 258 Å². The first-order valence-corrected chi connectivity index (χ1v) is 31.8. The standard InChI is InChI=1S/2C26H24P2.C8H4NO2.ClH.Ru/c2*1-5-13-23(14-6-1)27(24-15-7-2-8-16-24)21-22-28(25-17-9-3-10-18-25)26-19-11-4-12-20-26;1-2-7-3-5-8(6-4-7)9(10)11;;/h2*1-20H,21-22H2;3-6H;1H;/q;;-1;;+2/p+3. The summed E-state index contributed by atoms with van der Waals surface area (Å²) in [6, 6.07) is 94.7. The monoisotopic (exact) mass is 1080 g/mol. The zero-order valence-corrected chi connectivity index (χ0v) is 44.7. The van der Waals surface area contributed by atoms with Crippen molar-refractivity contribution in [1.82, 2.24) is 0 Å². The smallest absolute Gasteiger partial charge is 0.0620 e. The third kappa shape index (κ3) is 16.9. The second-order valence-electron chi connectivity index (χ2n) is 15.8. The SMILES string of the molecule is [C-]#Cc1ccc([N+](=O)[O-])cc1.[Cl][Ru+].c1ccc([PH+](CC[PH+](c2ccccc2)c2ccccc2)c2ccccc2)cc1.c1ccc([PH+](CC[PH+](c2ccccc2)c2ccccc2)c2ccccc2)cc1. The van der Waals surface area contributed by atoms with Crippen molar-refractivity contribution in [3.05, 3.63) is 289 Å². The van der Waals surface area contributed by atoms with Gasteiger partial charge in [0, 0.05) is 0 Å². The third-order valence-corrected chi connectivity index (χ3v) is 23.7. The molecule has 0 bridgehead atoms. The molecule has 0 spiro atoms. The zero-order chi connectivity index (χ0) is 48.3. The Morgan fingerprint density at radius 1 is 0.348 bits per heavy atom. The van der Waals surface area contributed by atoms with Gasteiger partial charge in [0.05, 0.1) is 79.0 Å². The number of halogens is 1. The minimum absolute atomic E-state index is 0.0315. The van der Waals surface area contributed by atoms with Gasteiger partial charge in [-0.2, -0.15) is 0 Å². The van der Waals surface area contributed by atoms with Gasteiger partial charge in [-0.05, 0) is 109 Å². The first-order chi connectivity index (χ1) is 34.1. The van der Waals surface area contributed by atoms with Crippen molar-refractivity contribution < 1.29 is 22.2 Å². The van der Waals surface area contributed by atoms with Gasteiger partial charge in [0.25, 0.3) is 5.69 Å². The van der Waals surface area contributed by atoms with Crippen LogP contribution < -0.4 is 42.4 Å². The molecule has 0 aromatic heterocycles. The molecule has 0 saturated carbocycles. The van der Waals surface area contributed by atoms with Crippen LogP contribution in [-0.4, -0.2) is 29.6 Å². The summed E-state index contributed by atoms with van der Waals surface area (Å²) in [5.41, 5.74) is 0.569. The van der Waals surface area contributed by atoms with Gasteiger partial charge >= 0.3 is 27.0 Å². The van der Waals surface area contributed by atoms with Crippen LogP contribution in [0.2, 0.25) is 0 Å². The summed E-state index contributed by atoms with van der Waals surface area (Å²) in [5.74, 6) is 2.12. The summed E-state index contributed by atoms with van der Waals surface area (Å²) in [6.07, 6.45) is 11.7. The largest absolute Gasteiger partial charge is 0.101 e. The van der Waals surface area contributed by atoms with Crippen molar-refractivity contribution >= 4 is 89.5 Å². The molecule has 9 heteroatoms. The molecule has 9 rings (SSSR count). The Kier molecular flexibility index (Phi) is 23.2. The van der Waals surface area contributed by atoms with Crippen molar-refractivity contribution in [2.45, 2.75) is 0 Å². The zero-order valence-electron chi connectivity index (χ0n) is 38.2. The maximum atomic E-state index is 10.1. The third-order valence-electron chi connectivity index (χ3n) is 11.5. The van der Waals surface area contributed by atoms with E-state index in [1.807, 2.05) is 17.3 Å². The van der Waals surface area contributed by atoms with Gasteiger partial charge in [-0.15, -0.1) is 17.7 Å². The molecule has 0 aliphatic carbocycles. The molecule has 0 radical (unpaired) electrons. The quantitative estimate of drug-likeness (QED) is 0.0256. The molecule has 0 N–H and O–H groups in total. The molecule has 344 valence electrons. The predicted molar refractivity (Wildman–Crippen MR) is 307 cm³/mol. The van der Waals surface area contributed by atoms with Crippen molar-refractivity contribution in [3.8, 4) is 5.92 Å². The minimum Gasteiger partial charge on any atom is -0.0620 e. The van der Waals surface area contributed by atoms with Crippen LogP contribution in [0.5, 0.6) is 0 Å². The number of hydrogen-bond donors (Lipinski definition) is 0. The molecule has 3 nitrogen and oxygen atoms in total. The average Bonchev–Trinajstić information content (AvgIpc) is 3.44. The van der Waals surface area contributed by atoms with E-state index in [1.165, 1.54) is 91.3 Å². The minimum atomic E-state index is -0.783. The molecule has 0 amide bonds. The molecule has 0 unspecified atom stereocenters. The second-order valence-corrected chi connectivity index (χ2v) is 26.2. The number of hydrogen-bond acceptors (Lipinski definition) is 2. The van der Waals surface area contributed by atoms with Crippen LogP contribution in [-0.2, 0) is 17.3 Å². The van der Waals surface area contributed by atoms with Crippen LogP contribution in [0.4, 0.5) is 5.69 Å². The van der Waals surface area contributed by atoms with Crippen LogP contribution in [0.15, 0.2) is 267 Å². The molecular formula is C60H56ClNO2P4Ru+4. The Bertz CT molecular complexity index is 2340. The Morgan fingerprint density at radius 3 is 0.667 bits per heavy atom. The van der Waals surface area contributed by atoms with E-state index in [0.717, 1.165) is 0 Å². The average molecular weight is 1080 g/mol. The summed E-state index contributed by atoms with van der Waals surface area (Å²) in [7, 11) is 1.44. The fraction of sp³-hybridized carbons (Fsp3) is 0.0667. The first kappa shape index (κ1) is 52.9. The Morgan fingerprint density at radius 2 is 0.522 bits per heavy atom. The summed E-state index contributed by atoms with van der Waals surface area (Å²) in [5, 5.41) is 22.3. The summed E-state index contributed by atoms with van der Waals surface area (Å²) in [4.78, 5) is 9.66. The summed E-state index contributed by atoms with van der Waals surface area (Å²) >= 11 is 1.82. The van der Waals surface area contributed by atoms with Gasteiger partial charge in [0.2, 0.25) is 0 Å². The van der Waals surface area contributed by atoms with Crippen LogP contribution in [0, 0.1) is 22.5 Å². The van der Waals surface area contributed by atoms with E-state index in [4.69, 9.17) is 6.42 Å². The van der Waals surface area contributed by atoms with E-state index in [9.17, 15) is 10.1 Å². The molecular weight excluding hydrogens is 1030 g/mol. The van der Waals surface area contributed by atoms with Gasteiger partial charge in [-0.1, -0.05) is 146 Å². The molecule has 69 heavy (non-hydrogen) atoms. The number of benzene rings is 9. The van der Waals surface area contributed by atoms with Crippen molar-refractivity contribution in [3.63, 3.8) is 0 Å². The Labute approximate surface area is 428 Å². The van der Waals surface area contributed by atoms with Crippen LogP contribution >= 0.6 is 41.4 Å². The van der Waals surface area contributed by atoms with Gasteiger partial charge in [0.15, 0.2) is 0 Å². The van der Waals surface area contributed by atoms with E-state index in [1.54, 1.807) is 0 Å². The number of nitrogens with zero attached hydrogens (tertiary/aromatic N) is 1. The van der Waals surface area contributed by atoms with Crippen molar-refractivity contribution in [1.29, 1.82) is 0 Å². The van der Waals surface area contributed by atoms with Crippen LogP contribution in [0.1, 0.15) is 5.56 Å². The second kappa shape index (κ2) is 30.2. The topological polar surface area (TPSA) is 43.1 Å². The molecule has 0 fully saturated rings. The van der Waals surface area contributed by atoms with E-state index in [0.29, 0.717) is 5.56 Å². The molecule has 0 saturated heterocycles. The van der Waals surface area contributed by atoms with E-state index in [-0.39, 0.29) is 5.69 Å². The number of rotatable bonds is 15.